The standard InChI is InChI=1S/C22H25N3O2/c1-5-22(3,4)25-21(26)15(2)27-17-12-10-16(11-13-17)20-14-23-18-8-6-7-9-19(18)24-20/h6-15H,5H2,1-4H3,(H,25,26)/t15-/m1/s1. The van der Waals surface area contributed by atoms with Gasteiger partial charge in [0.15, 0.2) is 6.10 Å². The Morgan fingerprint density at radius 3 is 2.44 bits per heavy atom. The number of fused-ring (bicyclic) bond motifs is 1. The molecule has 5 heteroatoms. The number of amides is 1. The monoisotopic (exact) mass is 363 g/mol. The van der Waals surface area contributed by atoms with Gasteiger partial charge in [0.05, 0.1) is 22.9 Å². The Morgan fingerprint density at radius 2 is 1.78 bits per heavy atom. The number of nitrogens with one attached hydrogen (secondary N) is 1. The number of benzene rings is 2. The van der Waals surface area contributed by atoms with Gasteiger partial charge in [-0.15, -0.1) is 0 Å². The van der Waals surface area contributed by atoms with E-state index >= 15 is 0 Å². The topological polar surface area (TPSA) is 64.1 Å². The predicted molar refractivity (Wildman–Crippen MR) is 108 cm³/mol. The van der Waals surface area contributed by atoms with Gasteiger partial charge in [0.25, 0.3) is 5.91 Å². The summed E-state index contributed by atoms with van der Waals surface area (Å²) in [4.78, 5) is 21.4. The molecule has 0 aliphatic carbocycles. The zero-order valence-electron chi connectivity index (χ0n) is 16.2. The maximum absolute atomic E-state index is 12.3. The number of carbonyl (C=O) groups is 1. The van der Waals surface area contributed by atoms with Gasteiger partial charge in [-0.3, -0.25) is 9.78 Å². The summed E-state index contributed by atoms with van der Waals surface area (Å²) >= 11 is 0. The molecule has 1 aromatic heterocycles. The van der Waals surface area contributed by atoms with Crippen molar-refractivity contribution in [3.05, 3.63) is 54.7 Å². The lowest BCUT2D eigenvalue weighted by atomic mass is 10.0. The molecule has 0 aliphatic heterocycles. The first-order valence-electron chi connectivity index (χ1n) is 9.19. The Hall–Kier alpha value is -2.95. The molecule has 0 fully saturated rings. The van der Waals surface area contributed by atoms with E-state index in [2.05, 4.69) is 15.3 Å². The highest BCUT2D eigenvalue weighted by atomic mass is 16.5. The molecule has 0 spiro atoms. The van der Waals surface area contributed by atoms with Gasteiger partial charge in [-0.05, 0) is 63.6 Å². The first-order valence-corrected chi connectivity index (χ1v) is 9.19. The molecule has 0 saturated heterocycles. The van der Waals surface area contributed by atoms with Crippen LogP contribution in [0.2, 0.25) is 0 Å². The van der Waals surface area contributed by atoms with Crippen LogP contribution in [-0.4, -0.2) is 27.5 Å². The number of carbonyl (C=O) groups excluding carboxylic acids is 1. The van der Waals surface area contributed by atoms with E-state index in [-0.39, 0.29) is 11.4 Å². The van der Waals surface area contributed by atoms with Gasteiger partial charge in [-0.1, -0.05) is 19.1 Å². The van der Waals surface area contributed by atoms with Crippen LogP contribution >= 0.6 is 0 Å². The number of aromatic nitrogens is 2. The SMILES string of the molecule is CCC(C)(C)NC(=O)[C@@H](C)Oc1ccc(-c2cnc3ccccc3n2)cc1. The Morgan fingerprint density at radius 1 is 1.11 bits per heavy atom. The van der Waals surface area contributed by atoms with E-state index in [1.165, 1.54) is 0 Å². The highest BCUT2D eigenvalue weighted by molar-refractivity contribution is 5.81. The van der Waals surface area contributed by atoms with Crippen LogP contribution in [0.1, 0.15) is 34.1 Å². The van der Waals surface area contributed by atoms with Crippen molar-refractivity contribution < 1.29 is 9.53 Å². The number of hydrogen-bond acceptors (Lipinski definition) is 4. The van der Waals surface area contributed by atoms with E-state index in [9.17, 15) is 4.79 Å². The summed E-state index contributed by atoms with van der Waals surface area (Å²) in [5.41, 5.74) is 3.24. The maximum Gasteiger partial charge on any atom is 0.261 e. The van der Waals surface area contributed by atoms with Crippen molar-refractivity contribution in [1.82, 2.24) is 15.3 Å². The van der Waals surface area contributed by atoms with Crippen molar-refractivity contribution in [2.45, 2.75) is 45.8 Å². The van der Waals surface area contributed by atoms with E-state index in [1.807, 2.05) is 69.3 Å². The van der Waals surface area contributed by atoms with Gasteiger partial charge in [0, 0.05) is 11.1 Å². The van der Waals surface area contributed by atoms with E-state index in [1.54, 1.807) is 13.1 Å². The van der Waals surface area contributed by atoms with Crippen LogP contribution in [0, 0.1) is 0 Å². The van der Waals surface area contributed by atoms with Crippen LogP contribution < -0.4 is 10.1 Å². The normalized spacial score (nSPS) is 12.6. The molecule has 0 aliphatic rings. The molecule has 1 amide bonds. The van der Waals surface area contributed by atoms with E-state index < -0.39 is 6.10 Å². The second-order valence-corrected chi connectivity index (χ2v) is 7.26. The van der Waals surface area contributed by atoms with Crippen molar-refractivity contribution in [3.8, 4) is 17.0 Å². The Bertz CT molecular complexity index is 936. The number of hydrogen-bond donors (Lipinski definition) is 1. The van der Waals surface area contributed by atoms with Crippen molar-refractivity contribution in [1.29, 1.82) is 0 Å². The molecule has 3 aromatic rings. The number of para-hydroxylation sites is 2. The molecule has 140 valence electrons. The van der Waals surface area contributed by atoms with Gasteiger partial charge < -0.3 is 10.1 Å². The van der Waals surface area contributed by atoms with Gasteiger partial charge >= 0.3 is 0 Å². The summed E-state index contributed by atoms with van der Waals surface area (Å²) in [6.45, 7) is 7.79. The summed E-state index contributed by atoms with van der Waals surface area (Å²) < 4.78 is 5.78. The average Bonchev–Trinajstić information content (AvgIpc) is 2.68. The molecule has 0 radical (unpaired) electrons. The third kappa shape index (κ3) is 4.61. The molecule has 1 heterocycles. The minimum absolute atomic E-state index is 0.119. The third-order valence-corrected chi connectivity index (χ3v) is 4.63. The highest BCUT2D eigenvalue weighted by Crippen LogP contribution is 2.22. The summed E-state index contributed by atoms with van der Waals surface area (Å²) in [7, 11) is 0. The molecule has 3 rings (SSSR count). The number of ether oxygens (including phenoxy) is 1. The van der Waals surface area contributed by atoms with Crippen molar-refractivity contribution in [2.75, 3.05) is 0 Å². The second kappa shape index (κ2) is 7.74. The Labute approximate surface area is 159 Å². The summed E-state index contributed by atoms with van der Waals surface area (Å²) in [5, 5.41) is 3.00. The first-order chi connectivity index (χ1) is 12.9. The van der Waals surface area contributed by atoms with Gasteiger partial charge in [-0.25, -0.2) is 4.98 Å². The van der Waals surface area contributed by atoms with Crippen LogP contribution in [0.5, 0.6) is 5.75 Å². The second-order valence-electron chi connectivity index (χ2n) is 7.26. The van der Waals surface area contributed by atoms with E-state index in [4.69, 9.17) is 4.74 Å². The number of rotatable bonds is 6. The molecular formula is C22H25N3O2. The van der Waals surface area contributed by atoms with Crippen LogP contribution in [-0.2, 0) is 4.79 Å². The van der Waals surface area contributed by atoms with Crippen LogP contribution in [0.3, 0.4) is 0 Å². The molecule has 2 aromatic carbocycles. The van der Waals surface area contributed by atoms with Crippen molar-refractivity contribution in [2.24, 2.45) is 0 Å². The smallest absolute Gasteiger partial charge is 0.261 e. The molecule has 0 saturated carbocycles. The van der Waals surface area contributed by atoms with Gasteiger partial charge in [-0.2, -0.15) is 0 Å². The molecule has 0 bridgehead atoms. The van der Waals surface area contributed by atoms with Crippen molar-refractivity contribution in [3.63, 3.8) is 0 Å². The lowest BCUT2D eigenvalue weighted by Gasteiger charge is -2.26. The van der Waals surface area contributed by atoms with Crippen LogP contribution in [0.15, 0.2) is 54.7 Å². The fourth-order valence-electron chi connectivity index (χ4n) is 2.58. The third-order valence-electron chi connectivity index (χ3n) is 4.63. The molecule has 1 N–H and O–H groups in total. The molecular weight excluding hydrogens is 338 g/mol. The molecule has 5 nitrogen and oxygen atoms in total. The Balaban J connectivity index is 1.70. The van der Waals surface area contributed by atoms with Crippen LogP contribution in [0.4, 0.5) is 0 Å². The maximum atomic E-state index is 12.3. The minimum atomic E-state index is -0.567. The quantitative estimate of drug-likeness (QED) is 0.706. The number of nitrogens with zero attached hydrogens (tertiary/aromatic N) is 2. The van der Waals surface area contributed by atoms with Gasteiger partial charge in [0.1, 0.15) is 5.75 Å². The van der Waals surface area contributed by atoms with E-state index in [0.29, 0.717) is 5.75 Å². The average molecular weight is 363 g/mol. The first kappa shape index (κ1) is 18.8. The predicted octanol–water partition coefficient (Wildman–Crippen LogP) is 4.37. The van der Waals surface area contributed by atoms with Gasteiger partial charge in [0.2, 0.25) is 0 Å². The minimum Gasteiger partial charge on any atom is -0.481 e. The summed E-state index contributed by atoms with van der Waals surface area (Å²) in [6, 6.07) is 15.3. The van der Waals surface area contributed by atoms with Crippen LogP contribution in [0.25, 0.3) is 22.3 Å². The fourth-order valence-corrected chi connectivity index (χ4v) is 2.58. The lowest BCUT2D eigenvalue weighted by molar-refractivity contribution is -0.128. The fraction of sp³-hybridized carbons (Fsp3) is 0.318. The summed E-state index contributed by atoms with van der Waals surface area (Å²) in [6.07, 6.45) is 2.05. The Kier molecular flexibility index (Phi) is 5.40. The zero-order valence-corrected chi connectivity index (χ0v) is 16.2. The van der Waals surface area contributed by atoms with Crippen molar-refractivity contribution >= 4 is 16.9 Å². The molecule has 27 heavy (non-hydrogen) atoms. The largest absolute Gasteiger partial charge is 0.481 e. The highest BCUT2D eigenvalue weighted by Gasteiger charge is 2.22. The zero-order chi connectivity index (χ0) is 19.4. The molecule has 1 atom stereocenters. The summed E-state index contributed by atoms with van der Waals surface area (Å²) in [5.74, 6) is 0.524. The molecule has 0 unspecified atom stereocenters. The van der Waals surface area contributed by atoms with E-state index in [0.717, 1.165) is 28.7 Å². The lowest BCUT2D eigenvalue weighted by Crippen LogP contribution is -2.48.